The van der Waals surface area contributed by atoms with E-state index in [2.05, 4.69) is 0 Å². The number of alkyl halides is 21. The van der Waals surface area contributed by atoms with Crippen LogP contribution in [0.5, 0.6) is 0 Å². The molecule has 0 fully saturated rings. The number of thiol groups is 1. The van der Waals surface area contributed by atoms with Crippen LogP contribution in [0.15, 0.2) is 0 Å². The van der Waals surface area contributed by atoms with E-state index < -0.39 is 58.8 Å². The standard InChI is InChI=1S/C10HF21S/c11-1(12,3(15,16)6(21,22)9(26,27)28)2(13,14)4(17,18)8(25,32)5(19,20)7(23,24)10(29,30)31/h32H. The minimum Gasteiger partial charge on any atom is -0.218 e. The van der Waals surface area contributed by atoms with Gasteiger partial charge in [-0.05, 0) is 0 Å². The highest BCUT2D eigenvalue weighted by atomic mass is 32.1. The molecule has 0 heterocycles. The Morgan fingerprint density at radius 3 is 0.656 bits per heavy atom. The maximum Gasteiger partial charge on any atom is 0.460 e. The summed E-state index contributed by atoms with van der Waals surface area (Å²) in [6.07, 6.45) is -15.8. The zero-order valence-electron chi connectivity index (χ0n) is 13.4. The summed E-state index contributed by atoms with van der Waals surface area (Å²) in [6, 6.07) is 0. The van der Waals surface area contributed by atoms with E-state index in [-0.39, 0.29) is 0 Å². The predicted octanol–water partition coefficient (Wildman–Crippen LogP) is 7.15. The first-order valence-corrected chi connectivity index (χ1v) is 6.89. The van der Waals surface area contributed by atoms with E-state index in [1.54, 1.807) is 0 Å². The third-order valence-electron chi connectivity index (χ3n) is 3.52. The number of hydrogen-bond donors (Lipinski definition) is 1. The van der Waals surface area contributed by atoms with Gasteiger partial charge in [0.25, 0.3) is 5.00 Å². The summed E-state index contributed by atoms with van der Waals surface area (Å²) in [4.78, 5) is 0. The molecule has 22 heteroatoms. The van der Waals surface area contributed by atoms with Gasteiger partial charge >= 0.3 is 53.8 Å². The van der Waals surface area contributed by atoms with Crippen LogP contribution in [0.4, 0.5) is 92.2 Å². The first-order valence-electron chi connectivity index (χ1n) is 6.44. The van der Waals surface area contributed by atoms with Gasteiger partial charge in [-0.3, -0.25) is 0 Å². The third kappa shape index (κ3) is 3.52. The topological polar surface area (TPSA) is 0 Å². The van der Waals surface area contributed by atoms with Crippen molar-refractivity contribution in [1.82, 2.24) is 0 Å². The Hall–Kier alpha value is -1.12. The average Bonchev–Trinajstić information content (AvgIpc) is 2.51. The molecule has 194 valence electrons. The molecular formula is C10HF21S. The van der Waals surface area contributed by atoms with Gasteiger partial charge in [-0.25, -0.2) is 4.39 Å². The molecular weight excluding hydrogens is 551 g/mol. The molecule has 0 saturated heterocycles. The van der Waals surface area contributed by atoms with Gasteiger partial charge in [0.2, 0.25) is 0 Å². The molecule has 0 N–H and O–H groups in total. The molecule has 0 aliphatic rings. The summed E-state index contributed by atoms with van der Waals surface area (Å²) in [5.41, 5.74) is 0. The number of rotatable bonds is 7. The van der Waals surface area contributed by atoms with Crippen LogP contribution < -0.4 is 0 Å². The van der Waals surface area contributed by atoms with E-state index in [9.17, 15) is 92.2 Å². The van der Waals surface area contributed by atoms with Gasteiger partial charge < -0.3 is 0 Å². The van der Waals surface area contributed by atoms with Crippen molar-refractivity contribution in [3.8, 4) is 0 Å². The molecule has 0 aliphatic carbocycles. The molecule has 0 spiro atoms. The van der Waals surface area contributed by atoms with Crippen LogP contribution in [0.1, 0.15) is 0 Å². The van der Waals surface area contributed by atoms with Crippen molar-refractivity contribution in [3.05, 3.63) is 0 Å². The van der Waals surface area contributed by atoms with E-state index in [0.717, 1.165) is 12.6 Å². The summed E-state index contributed by atoms with van der Waals surface area (Å²) in [5, 5.41) is -7.93. The maximum absolute atomic E-state index is 13.5. The van der Waals surface area contributed by atoms with Crippen molar-refractivity contribution < 1.29 is 92.2 Å². The van der Waals surface area contributed by atoms with Gasteiger partial charge in [-0.15, -0.1) is 12.6 Å². The largest absolute Gasteiger partial charge is 0.460 e. The van der Waals surface area contributed by atoms with Gasteiger partial charge in [0.05, 0.1) is 0 Å². The minimum atomic E-state index is -8.94. The van der Waals surface area contributed by atoms with Crippen LogP contribution in [0.3, 0.4) is 0 Å². The molecule has 1 atom stereocenters. The van der Waals surface area contributed by atoms with Crippen molar-refractivity contribution in [2.24, 2.45) is 0 Å². The fourth-order valence-corrected chi connectivity index (χ4v) is 1.84. The van der Waals surface area contributed by atoms with Crippen molar-refractivity contribution in [1.29, 1.82) is 0 Å². The highest BCUT2D eigenvalue weighted by Gasteiger charge is 2.96. The van der Waals surface area contributed by atoms with Crippen LogP contribution in [0.2, 0.25) is 0 Å². The van der Waals surface area contributed by atoms with E-state index in [1.165, 1.54) is 0 Å². The lowest BCUT2D eigenvalue weighted by Gasteiger charge is -2.45. The lowest BCUT2D eigenvalue weighted by atomic mass is 9.88. The Kier molecular flexibility index (Phi) is 6.94. The van der Waals surface area contributed by atoms with Crippen molar-refractivity contribution in [2.45, 2.75) is 58.8 Å². The molecule has 1 unspecified atom stereocenters. The van der Waals surface area contributed by atoms with Crippen LogP contribution >= 0.6 is 12.6 Å². The van der Waals surface area contributed by atoms with E-state index in [1.807, 2.05) is 0 Å². The first kappa shape index (κ1) is 30.9. The van der Waals surface area contributed by atoms with Crippen LogP contribution in [0, 0.1) is 0 Å². The monoisotopic (exact) mass is 552 g/mol. The van der Waals surface area contributed by atoms with Gasteiger partial charge in [0, 0.05) is 0 Å². The molecule has 0 radical (unpaired) electrons. The molecule has 0 aromatic heterocycles. The normalized spacial score (nSPS) is 18.6. The van der Waals surface area contributed by atoms with Crippen molar-refractivity contribution >= 4 is 12.6 Å². The highest BCUT2D eigenvalue weighted by molar-refractivity contribution is 7.81. The number of halogens is 21. The smallest absolute Gasteiger partial charge is 0.218 e. The third-order valence-corrected chi connectivity index (χ3v) is 4.08. The Morgan fingerprint density at radius 2 is 0.406 bits per heavy atom. The molecule has 0 amide bonds. The lowest BCUT2D eigenvalue weighted by molar-refractivity contribution is -0.454. The Bertz CT molecular complexity index is 632. The molecule has 0 aromatic carbocycles. The molecule has 0 aromatic rings. The zero-order valence-corrected chi connectivity index (χ0v) is 14.3. The summed E-state index contributed by atoms with van der Waals surface area (Å²) in [7, 11) is 0. The lowest BCUT2D eigenvalue weighted by Crippen LogP contribution is -2.76. The van der Waals surface area contributed by atoms with Gasteiger partial charge in [0.15, 0.2) is 0 Å². The quantitative estimate of drug-likeness (QED) is 0.252. The Balaban J connectivity index is 7.00. The minimum absolute atomic E-state index is 1.01. The molecule has 32 heavy (non-hydrogen) atoms. The molecule has 0 saturated carbocycles. The fraction of sp³-hybridized carbons (Fsp3) is 1.00. The van der Waals surface area contributed by atoms with E-state index in [0.29, 0.717) is 0 Å². The Labute approximate surface area is 165 Å². The average molecular weight is 552 g/mol. The van der Waals surface area contributed by atoms with Gasteiger partial charge in [0.1, 0.15) is 0 Å². The van der Waals surface area contributed by atoms with Gasteiger partial charge in [-0.1, -0.05) is 0 Å². The highest BCUT2D eigenvalue weighted by Crippen LogP contribution is 2.66. The van der Waals surface area contributed by atoms with Crippen LogP contribution in [-0.2, 0) is 0 Å². The zero-order chi connectivity index (χ0) is 27.0. The second-order valence-corrected chi connectivity index (χ2v) is 6.25. The van der Waals surface area contributed by atoms with Crippen LogP contribution in [0.25, 0.3) is 0 Å². The number of hydrogen-bond acceptors (Lipinski definition) is 1. The second-order valence-electron chi connectivity index (χ2n) is 5.64. The predicted molar refractivity (Wildman–Crippen MR) is 59.6 cm³/mol. The van der Waals surface area contributed by atoms with Gasteiger partial charge in [-0.2, -0.15) is 87.8 Å². The fourth-order valence-electron chi connectivity index (χ4n) is 1.56. The summed E-state index contributed by atoms with van der Waals surface area (Å²) >= 11 is 1.01. The Morgan fingerprint density at radius 1 is 0.250 bits per heavy atom. The van der Waals surface area contributed by atoms with E-state index >= 15 is 0 Å². The summed E-state index contributed by atoms with van der Waals surface area (Å²) < 4.78 is 267. The molecule has 0 bridgehead atoms. The van der Waals surface area contributed by atoms with Crippen LogP contribution in [-0.4, -0.2) is 58.8 Å². The molecule has 0 rings (SSSR count). The first-order chi connectivity index (χ1) is 13.2. The maximum atomic E-state index is 13.5. The van der Waals surface area contributed by atoms with Crippen molar-refractivity contribution in [3.63, 3.8) is 0 Å². The molecule has 0 nitrogen and oxygen atoms in total. The van der Waals surface area contributed by atoms with Crippen molar-refractivity contribution in [2.75, 3.05) is 0 Å². The molecule has 0 aliphatic heterocycles. The SMILES string of the molecule is FC(F)(F)C(F)(F)C(F)(F)C(F)(F)C(F)(F)C(F)(F)C(F)(S)C(F)(F)C(F)(F)C(F)(F)F. The summed E-state index contributed by atoms with van der Waals surface area (Å²) in [6.45, 7) is 0. The van der Waals surface area contributed by atoms with E-state index in [4.69, 9.17) is 0 Å². The second kappa shape index (κ2) is 7.19. The summed E-state index contributed by atoms with van der Waals surface area (Å²) in [5.74, 6) is -60.3.